The molecule has 5 atom stereocenters. The van der Waals surface area contributed by atoms with E-state index in [-0.39, 0.29) is 6.10 Å². The van der Waals surface area contributed by atoms with E-state index in [4.69, 9.17) is 0 Å². The summed E-state index contributed by atoms with van der Waals surface area (Å²) in [6.07, 6.45) is -0.139. The number of hydrogen-bond acceptors (Lipinski definition) is 3. The molecule has 0 aliphatic carbocycles. The van der Waals surface area contributed by atoms with Crippen LogP contribution < -0.4 is 0 Å². The minimum Gasteiger partial charge on any atom is -0.390 e. The first-order valence-corrected chi connectivity index (χ1v) is 4.84. The fourth-order valence-corrected chi connectivity index (χ4v) is 2.39. The van der Waals surface area contributed by atoms with E-state index in [0.717, 1.165) is 26.2 Å². The van der Waals surface area contributed by atoms with Crippen LogP contribution in [0.5, 0.6) is 0 Å². The van der Waals surface area contributed by atoms with Gasteiger partial charge in [0.25, 0.3) is 0 Å². The number of piperazine rings is 1. The van der Waals surface area contributed by atoms with Crippen molar-refractivity contribution in [1.82, 2.24) is 9.80 Å². The largest absolute Gasteiger partial charge is 0.390 e. The van der Waals surface area contributed by atoms with E-state index in [9.17, 15) is 5.11 Å². The molecule has 0 aromatic heterocycles. The molecule has 12 heavy (non-hydrogen) atoms. The molecule has 2 bridgehead atoms. The van der Waals surface area contributed by atoms with E-state index >= 15 is 0 Å². The fraction of sp³-hybridized carbons (Fsp3) is 1.00. The number of hydrogen-bond donors (Lipinski definition) is 1. The van der Waals surface area contributed by atoms with Crippen LogP contribution in [-0.4, -0.2) is 59.3 Å². The van der Waals surface area contributed by atoms with Crippen LogP contribution in [-0.2, 0) is 0 Å². The Morgan fingerprint density at radius 2 is 1.42 bits per heavy atom. The number of nitrogens with zero attached hydrogens (tertiary/aromatic N) is 2. The molecular weight excluding hydrogens is 152 g/mol. The minimum atomic E-state index is -0.139. The Balaban J connectivity index is 2.17. The molecule has 3 aliphatic rings. The standard InChI is InChI=1S/C9H18N2O/c1-7-8(2)11-4-3-10(7)5-9(12)6-11/h7-9,12H,3-6H2,1-2H3/t7-,8+,9-. The second kappa shape index (κ2) is 2.98. The average Bonchev–Trinajstić information content (AvgIpc) is 2.26. The molecule has 0 saturated carbocycles. The molecule has 70 valence electrons. The van der Waals surface area contributed by atoms with Crippen molar-refractivity contribution in [2.75, 3.05) is 26.2 Å². The van der Waals surface area contributed by atoms with Crippen LogP contribution in [0, 0.1) is 0 Å². The van der Waals surface area contributed by atoms with E-state index in [1.807, 2.05) is 0 Å². The third kappa shape index (κ3) is 1.26. The van der Waals surface area contributed by atoms with Crippen molar-refractivity contribution in [2.24, 2.45) is 0 Å². The monoisotopic (exact) mass is 170 g/mol. The SMILES string of the molecule is C[C@@H]1[C@H](C)[N@]2CCN1C[C@@H](O)C2. The minimum absolute atomic E-state index is 0.139. The molecule has 0 aromatic carbocycles. The van der Waals surface area contributed by atoms with Gasteiger partial charge in [0.2, 0.25) is 0 Å². The van der Waals surface area contributed by atoms with Crippen molar-refractivity contribution in [1.29, 1.82) is 0 Å². The highest BCUT2D eigenvalue weighted by atomic mass is 16.3. The van der Waals surface area contributed by atoms with Gasteiger partial charge in [0, 0.05) is 38.3 Å². The maximum absolute atomic E-state index is 9.62. The quantitative estimate of drug-likeness (QED) is 0.543. The molecular formula is C9H18N2O. The van der Waals surface area contributed by atoms with Crippen LogP contribution >= 0.6 is 0 Å². The van der Waals surface area contributed by atoms with Gasteiger partial charge in [-0.3, -0.25) is 9.80 Å². The summed E-state index contributed by atoms with van der Waals surface area (Å²) in [5.41, 5.74) is 0. The normalized spacial score (nSPS) is 53.8. The Bertz CT molecular complexity index is 156. The average molecular weight is 170 g/mol. The van der Waals surface area contributed by atoms with Gasteiger partial charge >= 0.3 is 0 Å². The van der Waals surface area contributed by atoms with Gasteiger partial charge in [0.1, 0.15) is 0 Å². The van der Waals surface area contributed by atoms with E-state index in [0.29, 0.717) is 12.1 Å². The fourth-order valence-electron chi connectivity index (χ4n) is 2.39. The number of rotatable bonds is 0. The zero-order valence-corrected chi connectivity index (χ0v) is 7.90. The van der Waals surface area contributed by atoms with Crippen LogP contribution in [0.25, 0.3) is 0 Å². The van der Waals surface area contributed by atoms with Gasteiger partial charge in [-0.15, -0.1) is 0 Å². The zero-order chi connectivity index (χ0) is 8.72. The van der Waals surface area contributed by atoms with Crippen LogP contribution in [0.4, 0.5) is 0 Å². The molecule has 0 aromatic rings. The molecule has 3 heterocycles. The topological polar surface area (TPSA) is 26.7 Å². The first-order chi connectivity index (χ1) is 5.68. The highest BCUT2D eigenvalue weighted by molar-refractivity contribution is 4.92. The maximum Gasteiger partial charge on any atom is 0.0794 e. The summed E-state index contributed by atoms with van der Waals surface area (Å²) >= 11 is 0. The van der Waals surface area contributed by atoms with Crippen LogP contribution in [0.1, 0.15) is 13.8 Å². The van der Waals surface area contributed by atoms with Gasteiger partial charge < -0.3 is 5.11 Å². The Labute approximate surface area is 74.0 Å². The lowest BCUT2D eigenvalue weighted by Gasteiger charge is -2.41. The van der Waals surface area contributed by atoms with Gasteiger partial charge in [-0.2, -0.15) is 0 Å². The predicted molar refractivity (Wildman–Crippen MR) is 48.1 cm³/mol. The third-order valence-electron chi connectivity index (χ3n) is 3.42. The molecule has 3 saturated heterocycles. The molecule has 3 rings (SSSR count). The highest BCUT2D eigenvalue weighted by Gasteiger charge is 2.35. The molecule has 3 fully saturated rings. The van der Waals surface area contributed by atoms with Crippen molar-refractivity contribution < 1.29 is 5.11 Å². The molecule has 0 amide bonds. The summed E-state index contributed by atoms with van der Waals surface area (Å²) in [7, 11) is 0. The van der Waals surface area contributed by atoms with Crippen LogP contribution in [0.2, 0.25) is 0 Å². The molecule has 3 aliphatic heterocycles. The second-order valence-corrected chi connectivity index (χ2v) is 4.12. The molecule has 1 unspecified atom stereocenters. The Kier molecular flexibility index (Phi) is 2.10. The van der Waals surface area contributed by atoms with E-state index < -0.39 is 0 Å². The van der Waals surface area contributed by atoms with Crippen LogP contribution in [0.15, 0.2) is 0 Å². The molecule has 1 N–H and O–H groups in total. The van der Waals surface area contributed by atoms with Gasteiger partial charge in [-0.05, 0) is 13.8 Å². The number of fused-ring (bicyclic) bond motifs is 4. The molecule has 3 nitrogen and oxygen atoms in total. The van der Waals surface area contributed by atoms with Gasteiger partial charge in [-0.25, -0.2) is 0 Å². The highest BCUT2D eigenvalue weighted by Crippen LogP contribution is 2.21. The van der Waals surface area contributed by atoms with Crippen molar-refractivity contribution in [3.63, 3.8) is 0 Å². The molecule has 0 radical (unpaired) electrons. The van der Waals surface area contributed by atoms with Gasteiger partial charge in [-0.1, -0.05) is 0 Å². The molecule has 3 heteroatoms. The van der Waals surface area contributed by atoms with E-state index in [1.165, 1.54) is 0 Å². The van der Waals surface area contributed by atoms with Crippen molar-refractivity contribution in [3.05, 3.63) is 0 Å². The van der Waals surface area contributed by atoms with E-state index in [1.54, 1.807) is 0 Å². The summed E-state index contributed by atoms with van der Waals surface area (Å²) < 4.78 is 0. The summed E-state index contributed by atoms with van der Waals surface area (Å²) in [4.78, 5) is 4.80. The lowest BCUT2D eigenvalue weighted by atomic mass is 10.1. The lowest BCUT2D eigenvalue weighted by molar-refractivity contribution is 0.0722. The zero-order valence-electron chi connectivity index (χ0n) is 7.90. The van der Waals surface area contributed by atoms with E-state index in [2.05, 4.69) is 23.6 Å². The van der Waals surface area contributed by atoms with Crippen molar-refractivity contribution in [3.8, 4) is 0 Å². The van der Waals surface area contributed by atoms with Gasteiger partial charge in [0.05, 0.1) is 6.10 Å². The second-order valence-electron chi connectivity index (χ2n) is 4.12. The van der Waals surface area contributed by atoms with Crippen LogP contribution in [0.3, 0.4) is 0 Å². The van der Waals surface area contributed by atoms with Crippen molar-refractivity contribution in [2.45, 2.75) is 32.0 Å². The summed E-state index contributed by atoms with van der Waals surface area (Å²) in [5, 5.41) is 9.62. The maximum atomic E-state index is 9.62. The molecule has 0 spiro atoms. The number of aliphatic hydroxyl groups is 1. The summed E-state index contributed by atoms with van der Waals surface area (Å²) in [6.45, 7) is 8.50. The van der Waals surface area contributed by atoms with Crippen molar-refractivity contribution >= 4 is 0 Å². The third-order valence-corrected chi connectivity index (χ3v) is 3.42. The van der Waals surface area contributed by atoms with Gasteiger partial charge in [0.15, 0.2) is 0 Å². The first kappa shape index (κ1) is 8.48. The first-order valence-electron chi connectivity index (χ1n) is 4.84. The predicted octanol–water partition coefficient (Wildman–Crippen LogP) is -0.245. The Hall–Kier alpha value is -0.120. The summed E-state index contributed by atoms with van der Waals surface area (Å²) in [5.74, 6) is 0. The Morgan fingerprint density at radius 1 is 1.00 bits per heavy atom. The number of aliphatic hydroxyl groups excluding tert-OH is 1. The lowest BCUT2D eigenvalue weighted by Crippen LogP contribution is -2.54. The summed E-state index contributed by atoms with van der Waals surface area (Å²) in [6, 6.07) is 1.21. The Morgan fingerprint density at radius 3 is 1.83 bits per heavy atom. The smallest absolute Gasteiger partial charge is 0.0794 e.